The number of carbonyl (C=O) groups is 1. The first-order chi connectivity index (χ1) is 9.45. The van der Waals surface area contributed by atoms with Crippen molar-refractivity contribution in [2.75, 3.05) is 10.0 Å². The molecule has 20 heavy (non-hydrogen) atoms. The van der Waals surface area contributed by atoms with Gasteiger partial charge in [0.2, 0.25) is 5.91 Å². The fourth-order valence-corrected chi connectivity index (χ4v) is 4.38. The van der Waals surface area contributed by atoms with Gasteiger partial charge < -0.3 is 5.32 Å². The standard InChI is InChI=1S/C13H12N2O3S2/c1-8-5-12(19-7-8)20(17,18)15-10-4-2-3-9-6-11(16)14-13(9)10/h2-5,7,15H,6H2,1H3,(H,14,16). The zero-order valence-corrected chi connectivity index (χ0v) is 12.3. The highest BCUT2D eigenvalue weighted by Gasteiger charge is 2.24. The minimum absolute atomic E-state index is 0.126. The molecule has 2 aromatic rings. The number of anilines is 2. The van der Waals surface area contributed by atoms with Crippen molar-refractivity contribution in [2.45, 2.75) is 17.6 Å². The number of fused-ring (bicyclic) bond motifs is 1. The molecule has 0 unspecified atom stereocenters. The molecular formula is C13H12N2O3S2. The maximum absolute atomic E-state index is 12.3. The van der Waals surface area contributed by atoms with Crippen LogP contribution in [0.3, 0.4) is 0 Å². The summed E-state index contributed by atoms with van der Waals surface area (Å²) in [6.07, 6.45) is 0.281. The molecule has 5 nitrogen and oxygen atoms in total. The SMILES string of the molecule is Cc1csc(S(=O)(=O)Nc2cccc3c2NC(=O)C3)c1. The Bertz CT molecular complexity index is 794. The molecule has 1 aliphatic heterocycles. The number of hydrogen-bond donors (Lipinski definition) is 2. The predicted octanol–water partition coefficient (Wildman–Crippen LogP) is 2.35. The molecule has 3 rings (SSSR count). The number of amides is 1. The molecule has 1 amide bonds. The van der Waals surface area contributed by atoms with Gasteiger partial charge in [-0.1, -0.05) is 12.1 Å². The second kappa shape index (κ2) is 4.60. The van der Waals surface area contributed by atoms with E-state index >= 15 is 0 Å². The first-order valence-corrected chi connectivity index (χ1v) is 8.32. The zero-order chi connectivity index (χ0) is 14.3. The fraction of sp³-hybridized carbons (Fsp3) is 0.154. The Balaban J connectivity index is 1.97. The van der Waals surface area contributed by atoms with Crippen molar-refractivity contribution < 1.29 is 13.2 Å². The highest BCUT2D eigenvalue weighted by Crippen LogP contribution is 2.33. The van der Waals surface area contributed by atoms with Crippen LogP contribution in [0.1, 0.15) is 11.1 Å². The van der Waals surface area contributed by atoms with Crippen molar-refractivity contribution in [3.05, 3.63) is 40.8 Å². The van der Waals surface area contributed by atoms with Crippen LogP contribution in [-0.2, 0) is 21.2 Å². The van der Waals surface area contributed by atoms with Crippen LogP contribution >= 0.6 is 11.3 Å². The van der Waals surface area contributed by atoms with Gasteiger partial charge >= 0.3 is 0 Å². The minimum atomic E-state index is -3.61. The molecule has 0 bridgehead atoms. The molecule has 0 radical (unpaired) electrons. The van der Waals surface area contributed by atoms with Gasteiger partial charge in [-0.15, -0.1) is 11.3 Å². The van der Waals surface area contributed by atoms with E-state index in [1.807, 2.05) is 6.92 Å². The largest absolute Gasteiger partial charge is 0.324 e. The quantitative estimate of drug-likeness (QED) is 0.914. The van der Waals surface area contributed by atoms with E-state index in [9.17, 15) is 13.2 Å². The summed E-state index contributed by atoms with van der Waals surface area (Å²) >= 11 is 1.17. The summed E-state index contributed by atoms with van der Waals surface area (Å²) in [5.74, 6) is -0.126. The number of para-hydroxylation sites is 1. The molecule has 0 atom stereocenters. The predicted molar refractivity (Wildman–Crippen MR) is 78.6 cm³/mol. The van der Waals surface area contributed by atoms with Gasteiger partial charge in [0.05, 0.1) is 17.8 Å². The van der Waals surface area contributed by atoms with E-state index in [2.05, 4.69) is 10.0 Å². The number of carbonyl (C=O) groups excluding carboxylic acids is 1. The monoisotopic (exact) mass is 308 g/mol. The van der Waals surface area contributed by atoms with Crippen molar-refractivity contribution in [1.82, 2.24) is 0 Å². The van der Waals surface area contributed by atoms with Crippen molar-refractivity contribution in [1.29, 1.82) is 0 Å². The summed E-state index contributed by atoms with van der Waals surface area (Å²) in [7, 11) is -3.61. The molecule has 1 aromatic carbocycles. The van der Waals surface area contributed by atoms with Crippen molar-refractivity contribution in [3.8, 4) is 0 Å². The first-order valence-electron chi connectivity index (χ1n) is 5.95. The van der Waals surface area contributed by atoms with Gasteiger partial charge in [0, 0.05) is 0 Å². The highest BCUT2D eigenvalue weighted by molar-refractivity contribution is 7.94. The van der Waals surface area contributed by atoms with Crippen LogP contribution in [0.4, 0.5) is 11.4 Å². The van der Waals surface area contributed by atoms with Crippen LogP contribution in [-0.4, -0.2) is 14.3 Å². The Kier molecular flexibility index (Phi) is 3.02. The average Bonchev–Trinajstić information content (AvgIpc) is 2.95. The molecule has 0 fully saturated rings. The second-order valence-corrected chi connectivity index (χ2v) is 7.43. The lowest BCUT2D eigenvalue weighted by molar-refractivity contribution is -0.115. The van der Waals surface area contributed by atoms with Gasteiger partial charge in [-0.2, -0.15) is 0 Å². The second-order valence-electron chi connectivity index (χ2n) is 4.61. The third-order valence-electron chi connectivity index (χ3n) is 2.98. The Hall–Kier alpha value is -1.86. The zero-order valence-electron chi connectivity index (χ0n) is 10.6. The summed E-state index contributed by atoms with van der Waals surface area (Å²) in [6.45, 7) is 1.84. The Morgan fingerprint density at radius 1 is 1.35 bits per heavy atom. The van der Waals surface area contributed by atoms with Crippen molar-refractivity contribution in [2.24, 2.45) is 0 Å². The number of aryl methyl sites for hydroxylation is 1. The van der Waals surface area contributed by atoms with Gasteiger partial charge in [-0.3, -0.25) is 9.52 Å². The minimum Gasteiger partial charge on any atom is -0.324 e. The molecule has 0 spiro atoms. The van der Waals surface area contributed by atoms with Gasteiger partial charge in [0.25, 0.3) is 10.0 Å². The van der Waals surface area contributed by atoms with Crippen LogP contribution in [0.5, 0.6) is 0 Å². The first kappa shape index (κ1) is 13.1. The summed E-state index contributed by atoms with van der Waals surface area (Å²) in [4.78, 5) is 11.4. The lowest BCUT2D eigenvalue weighted by Crippen LogP contribution is -2.13. The Labute approximate surface area is 120 Å². The van der Waals surface area contributed by atoms with Crippen LogP contribution in [0, 0.1) is 6.92 Å². The number of hydrogen-bond acceptors (Lipinski definition) is 4. The van der Waals surface area contributed by atoms with Crippen LogP contribution in [0.15, 0.2) is 33.9 Å². The van der Waals surface area contributed by atoms with E-state index in [0.717, 1.165) is 11.1 Å². The van der Waals surface area contributed by atoms with E-state index < -0.39 is 10.0 Å². The molecule has 7 heteroatoms. The van der Waals surface area contributed by atoms with E-state index in [0.29, 0.717) is 11.4 Å². The lowest BCUT2D eigenvalue weighted by atomic mass is 10.1. The molecule has 2 heterocycles. The molecule has 0 saturated carbocycles. The molecular weight excluding hydrogens is 296 g/mol. The number of nitrogens with one attached hydrogen (secondary N) is 2. The lowest BCUT2D eigenvalue weighted by Gasteiger charge is -2.10. The topological polar surface area (TPSA) is 75.3 Å². The normalized spacial score (nSPS) is 13.9. The Morgan fingerprint density at radius 3 is 2.85 bits per heavy atom. The number of rotatable bonds is 3. The average molecular weight is 308 g/mol. The highest BCUT2D eigenvalue weighted by atomic mass is 32.2. The van der Waals surface area contributed by atoms with Gasteiger partial charge in [-0.05, 0) is 35.6 Å². The molecule has 0 saturated heterocycles. The molecule has 1 aromatic heterocycles. The maximum atomic E-state index is 12.3. The summed E-state index contributed by atoms with van der Waals surface area (Å²) < 4.78 is 27.4. The van der Waals surface area contributed by atoms with Crippen LogP contribution < -0.4 is 10.0 Å². The summed E-state index contributed by atoms with van der Waals surface area (Å²) in [5, 5.41) is 4.47. The van der Waals surface area contributed by atoms with Crippen LogP contribution in [0.2, 0.25) is 0 Å². The number of benzene rings is 1. The third kappa shape index (κ3) is 2.30. The molecule has 1 aliphatic rings. The summed E-state index contributed by atoms with van der Waals surface area (Å²) in [6, 6.07) is 6.80. The van der Waals surface area contributed by atoms with E-state index in [4.69, 9.17) is 0 Å². The number of sulfonamides is 1. The van der Waals surface area contributed by atoms with Crippen molar-refractivity contribution >= 4 is 38.6 Å². The number of thiophene rings is 1. The van der Waals surface area contributed by atoms with Gasteiger partial charge in [-0.25, -0.2) is 8.42 Å². The summed E-state index contributed by atoms with van der Waals surface area (Å²) in [5.41, 5.74) is 2.66. The third-order valence-corrected chi connectivity index (χ3v) is 5.90. The molecule has 104 valence electrons. The van der Waals surface area contributed by atoms with Gasteiger partial charge in [0.15, 0.2) is 0 Å². The van der Waals surface area contributed by atoms with E-state index in [-0.39, 0.29) is 16.5 Å². The molecule has 0 aliphatic carbocycles. The maximum Gasteiger partial charge on any atom is 0.271 e. The van der Waals surface area contributed by atoms with Crippen LogP contribution in [0.25, 0.3) is 0 Å². The fourth-order valence-electron chi connectivity index (χ4n) is 2.08. The Morgan fingerprint density at radius 2 is 2.15 bits per heavy atom. The van der Waals surface area contributed by atoms with E-state index in [1.54, 1.807) is 29.6 Å². The van der Waals surface area contributed by atoms with E-state index in [1.165, 1.54) is 11.3 Å². The molecule has 2 N–H and O–H groups in total. The smallest absolute Gasteiger partial charge is 0.271 e. The van der Waals surface area contributed by atoms with Crippen molar-refractivity contribution in [3.63, 3.8) is 0 Å². The van der Waals surface area contributed by atoms with Gasteiger partial charge in [0.1, 0.15) is 4.21 Å².